The molecule has 0 radical (unpaired) electrons. The minimum absolute atomic E-state index is 0.157. The fraction of sp³-hybridized carbons (Fsp3) is 0.444. The normalized spacial score (nSPS) is 23.0. The van der Waals surface area contributed by atoms with Crippen molar-refractivity contribution in [3.8, 4) is 5.75 Å². The third-order valence-electron chi connectivity index (χ3n) is 9.73. The van der Waals surface area contributed by atoms with Gasteiger partial charge in [-0.05, 0) is 110 Å². The summed E-state index contributed by atoms with van der Waals surface area (Å²) in [6, 6.07) is 13.2. The Morgan fingerprint density at radius 1 is 1.20 bits per heavy atom. The van der Waals surface area contributed by atoms with Crippen LogP contribution in [-0.2, 0) is 16.6 Å². The Hall–Kier alpha value is -3.36. The molecule has 2 aromatic carbocycles. The van der Waals surface area contributed by atoms with Gasteiger partial charge in [-0.3, -0.25) is 4.79 Å². The molecule has 7 nitrogen and oxygen atoms in total. The van der Waals surface area contributed by atoms with E-state index >= 15 is 0 Å². The predicted octanol–water partition coefficient (Wildman–Crippen LogP) is 7.80. The zero-order valence-corrected chi connectivity index (χ0v) is 27.2. The average molecular weight is 646 g/mol. The molecule has 2 heterocycles. The first-order valence-electron chi connectivity index (χ1n) is 16.0. The molecule has 0 amide bonds. The SMILES string of the molecule is CC[C@H](CCC(=O)/C=C/[C@@H]1CC[C@H]1CN1CC2(CCCc3cc(Cl)ccc32)COc2ccc(C(=O)O)cc21)Sc1ncccn1. The number of carboxylic acids is 1. The number of allylic oxidation sites excluding steroid dienone is 2. The van der Waals surface area contributed by atoms with Crippen molar-refractivity contribution in [1.82, 2.24) is 9.97 Å². The Morgan fingerprint density at radius 2 is 2.04 bits per heavy atom. The lowest BCUT2D eigenvalue weighted by atomic mass is 9.69. The second kappa shape index (κ2) is 14.0. The third kappa shape index (κ3) is 7.23. The Bertz CT molecular complexity index is 1570. The summed E-state index contributed by atoms with van der Waals surface area (Å²) in [4.78, 5) is 35.8. The second-order valence-corrected chi connectivity index (χ2v) is 14.3. The standard InChI is InChI=1S/C36H40ClN3O4S/c1-2-30(45-35-38-17-4-18-39-35)13-12-29(41)11-8-24-6-7-27(24)21-40-22-36(16-3-5-25-19-28(37)10-14-31(25)36)23-44-33-15-9-26(34(42)43)20-32(33)40/h4,8-11,14-15,17-20,24,27,30H,2-3,5-7,12-13,16,21-23H2,1H3,(H,42,43)/b11-8+/t24-,27-,30+,36?/m0/s1. The number of aryl methyl sites for hydroxylation is 1. The van der Waals surface area contributed by atoms with Gasteiger partial charge in [0.15, 0.2) is 10.9 Å². The summed E-state index contributed by atoms with van der Waals surface area (Å²) in [6.45, 7) is 4.19. The highest BCUT2D eigenvalue weighted by Crippen LogP contribution is 2.46. The van der Waals surface area contributed by atoms with Gasteiger partial charge in [0.1, 0.15) is 5.75 Å². The van der Waals surface area contributed by atoms with Crippen molar-refractivity contribution in [2.24, 2.45) is 11.8 Å². The fourth-order valence-corrected chi connectivity index (χ4v) is 8.20. The number of hydrogen-bond acceptors (Lipinski definition) is 7. The van der Waals surface area contributed by atoms with Gasteiger partial charge in [-0.15, -0.1) is 0 Å². The smallest absolute Gasteiger partial charge is 0.335 e. The maximum absolute atomic E-state index is 12.9. The zero-order valence-electron chi connectivity index (χ0n) is 25.7. The lowest BCUT2D eigenvalue weighted by Gasteiger charge is -2.44. The number of aromatic nitrogens is 2. The van der Waals surface area contributed by atoms with Gasteiger partial charge < -0.3 is 14.7 Å². The molecule has 9 heteroatoms. The largest absolute Gasteiger partial charge is 0.490 e. The molecule has 2 aliphatic carbocycles. The van der Waals surface area contributed by atoms with Gasteiger partial charge >= 0.3 is 5.97 Å². The number of halogens is 1. The van der Waals surface area contributed by atoms with Crippen LogP contribution >= 0.6 is 23.4 Å². The van der Waals surface area contributed by atoms with E-state index in [-0.39, 0.29) is 16.8 Å². The summed E-state index contributed by atoms with van der Waals surface area (Å²) in [6.07, 6.45) is 14.8. The number of ketones is 1. The van der Waals surface area contributed by atoms with Crippen molar-refractivity contribution >= 4 is 40.8 Å². The van der Waals surface area contributed by atoms with Crippen molar-refractivity contribution in [3.63, 3.8) is 0 Å². The number of carboxylic acid groups (broad SMARTS) is 1. The number of benzene rings is 2. The average Bonchev–Trinajstić information content (AvgIpc) is 3.18. The van der Waals surface area contributed by atoms with E-state index < -0.39 is 5.97 Å². The Kier molecular flexibility index (Phi) is 9.81. The van der Waals surface area contributed by atoms with Crippen molar-refractivity contribution in [1.29, 1.82) is 0 Å². The number of nitrogens with zero attached hydrogens (tertiary/aromatic N) is 3. The van der Waals surface area contributed by atoms with Crippen molar-refractivity contribution in [2.45, 2.75) is 74.1 Å². The zero-order chi connectivity index (χ0) is 31.4. The first kappa shape index (κ1) is 31.6. The first-order valence-corrected chi connectivity index (χ1v) is 17.3. The number of anilines is 1. The molecule has 1 aromatic heterocycles. The summed E-state index contributed by atoms with van der Waals surface area (Å²) < 4.78 is 6.49. The van der Waals surface area contributed by atoms with Crippen molar-refractivity contribution < 1.29 is 19.4 Å². The second-order valence-electron chi connectivity index (χ2n) is 12.6. The maximum Gasteiger partial charge on any atom is 0.335 e. The Morgan fingerprint density at radius 3 is 2.80 bits per heavy atom. The van der Waals surface area contributed by atoms with Crippen LogP contribution in [0.25, 0.3) is 0 Å². The number of thioether (sulfide) groups is 1. The van der Waals surface area contributed by atoms with Gasteiger partial charge in [-0.2, -0.15) is 0 Å². The molecule has 3 aromatic rings. The summed E-state index contributed by atoms with van der Waals surface area (Å²) in [7, 11) is 0. The molecule has 6 rings (SSSR count). The molecule has 0 bridgehead atoms. The van der Waals surface area contributed by atoms with Crippen LogP contribution in [0.3, 0.4) is 0 Å². The highest BCUT2D eigenvalue weighted by molar-refractivity contribution is 7.99. The van der Waals surface area contributed by atoms with E-state index in [0.29, 0.717) is 30.1 Å². The van der Waals surface area contributed by atoms with E-state index in [1.165, 1.54) is 11.1 Å². The molecule has 1 N–H and O–H groups in total. The monoisotopic (exact) mass is 645 g/mol. The fourth-order valence-electron chi connectivity index (χ4n) is 7.06. The minimum Gasteiger partial charge on any atom is -0.490 e. The molecule has 45 heavy (non-hydrogen) atoms. The lowest BCUT2D eigenvalue weighted by molar-refractivity contribution is -0.114. The van der Waals surface area contributed by atoms with Crippen LogP contribution in [0.5, 0.6) is 5.75 Å². The Labute approximate surface area is 274 Å². The number of ether oxygens (including phenoxy) is 1. The molecule has 1 spiro atoms. The molecule has 0 saturated heterocycles. The van der Waals surface area contributed by atoms with Crippen LogP contribution in [0.4, 0.5) is 5.69 Å². The van der Waals surface area contributed by atoms with Crippen LogP contribution in [-0.4, -0.2) is 51.8 Å². The topological polar surface area (TPSA) is 92.6 Å². The molecular weight excluding hydrogens is 606 g/mol. The molecular formula is C36H40ClN3O4S. The Balaban J connectivity index is 1.16. The third-order valence-corrected chi connectivity index (χ3v) is 11.3. The molecule has 3 aliphatic rings. The molecule has 1 fully saturated rings. The maximum atomic E-state index is 12.9. The highest BCUT2D eigenvalue weighted by atomic mass is 35.5. The van der Waals surface area contributed by atoms with E-state index in [1.807, 2.05) is 12.1 Å². The molecule has 236 valence electrons. The van der Waals surface area contributed by atoms with E-state index in [2.05, 4.69) is 40.0 Å². The summed E-state index contributed by atoms with van der Waals surface area (Å²) >= 11 is 8.03. The quantitative estimate of drug-likeness (QED) is 0.128. The van der Waals surface area contributed by atoms with Gasteiger partial charge in [0.05, 0.1) is 17.9 Å². The van der Waals surface area contributed by atoms with Crippen LogP contribution in [0.1, 0.15) is 73.4 Å². The van der Waals surface area contributed by atoms with Gasteiger partial charge in [0.2, 0.25) is 0 Å². The number of fused-ring (bicyclic) bond motifs is 3. The van der Waals surface area contributed by atoms with Crippen molar-refractivity contribution in [2.75, 3.05) is 24.6 Å². The predicted molar refractivity (Wildman–Crippen MR) is 179 cm³/mol. The number of carbonyl (C=O) groups excluding carboxylic acids is 1. The van der Waals surface area contributed by atoms with Crippen LogP contribution < -0.4 is 9.64 Å². The summed E-state index contributed by atoms with van der Waals surface area (Å²) in [5.41, 5.74) is 3.44. The van der Waals surface area contributed by atoms with Gasteiger partial charge in [0.25, 0.3) is 0 Å². The van der Waals surface area contributed by atoms with E-state index in [1.54, 1.807) is 48.4 Å². The van der Waals surface area contributed by atoms with Crippen LogP contribution in [0.15, 0.2) is 72.2 Å². The van der Waals surface area contributed by atoms with Gasteiger partial charge in [-0.1, -0.05) is 42.4 Å². The molecule has 1 aliphatic heterocycles. The van der Waals surface area contributed by atoms with E-state index in [4.69, 9.17) is 16.3 Å². The number of hydrogen-bond donors (Lipinski definition) is 1. The number of rotatable bonds is 11. The van der Waals surface area contributed by atoms with E-state index in [0.717, 1.165) is 79.7 Å². The van der Waals surface area contributed by atoms with Gasteiger partial charge in [-0.25, -0.2) is 14.8 Å². The van der Waals surface area contributed by atoms with E-state index in [9.17, 15) is 14.7 Å². The van der Waals surface area contributed by atoms with Crippen molar-refractivity contribution in [3.05, 3.63) is 88.7 Å². The van der Waals surface area contributed by atoms with Crippen LogP contribution in [0.2, 0.25) is 5.02 Å². The minimum atomic E-state index is -0.947. The van der Waals surface area contributed by atoms with Crippen LogP contribution in [0, 0.1) is 11.8 Å². The highest BCUT2D eigenvalue weighted by Gasteiger charge is 2.43. The molecule has 1 unspecified atom stereocenters. The van der Waals surface area contributed by atoms with Gasteiger partial charge in [0, 0.05) is 47.6 Å². The lowest BCUT2D eigenvalue weighted by Crippen LogP contribution is -2.48. The number of carbonyl (C=O) groups is 2. The molecule has 4 atom stereocenters. The molecule has 1 saturated carbocycles. The first-order chi connectivity index (χ1) is 21.8. The summed E-state index contributed by atoms with van der Waals surface area (Å²) in [5, 5.41) is 11.6. The summed E-state index contributed by atoms with van der Waals surface area (Å²) in [5.74, 6) is 0.616. The number of aromatic carboxylic acids is 1.